The van der Waals surface area contributed by atoms with Crippen LogP contribution < -0.4 is 4.74 Å². The van der Waals surface area contributed by atoms with Crippen LogP contribution in [0.15, 0.2) is 110 Å². The van der Waals surface area contributed by atoms with Gasteiger partial charge in [0.2, 0.25) is 9.84 Å². The first kappa shape index (κ1) is 22.1. The second-order valence-electron chi connectivity index (χ2n) is 7.57. The molecule has 1 unspecified atom stereocenters. The number of amides is 1. The van der Waals surface area contributed by atoms with E-state index in [-0.39, 0.29) is 28.3 Å². The lowest BCUT2D eigenvalue weighted by Gasteiger charge is -2.20. The number of hydrogen-bond donors (Lipinski definition) is 0. The highest BCUT2D eigenvalue weighted by Gasteiger charge is 2.34. The van der Waals surface area contributed by atoms with Crippen molar-refractivity contribution in [1.82, 2.24) is 5.01 Å². The molecule has 2 aromatic heterocycles. The van der Waals surface area contributed by atoms with Crippen LogP contribution in [0.3, 0.4) is 0 Å². The number of carbonyl (C=O) groups is 1. The molecular weight excluding hydrogens is 472 g/mol. The summed E-state index contributed by atoms with van der Waals surface area (Å²) < 4.78 is 36.6. The largest absolute Gasteiger partial charge is 0.484 e. The molecule has 0 spiro atoms. The minimum Gasteiger partial charge on any atom is -0.484 e. The van der Waals surface area contributed by atoms with Crippen molar-refractivity contribution in [2.24, 2.45) is 5.10 Å². The van der Waals surface area contributed by atoms with Gasteiger partial charge in [-0.05, 0) is 60.0 Å². The van der Waals surface area contributed by atoms with Crippen molar-refractivity contribution >= 4 is 32.8 Å². The Bertz CT molecular complexity index is 1400. The molecule has 0 saturated heterocycles. The molecule has 0 aliphatic carbocycles. The van der Waals surface area contributed by atoms with Crippen LogP contribution >= 0.6 is 11.3 Å². The molecule has 1 atom stereocenters. The van der Waals surface area contributed by atoms with Gasteiger partial charge in [-0.25, -0.2) is 13.4 Å². The first-order valence-electron chi connectivity index (χ1n) is 10.5. The third kappa shape index (κ3) is 4.40. The van der Waals surface area contributed by atoms with E-state index in [1.54, 1.807) is 66.1 Å². The van der Waals surface area contributed by atoms with Gasteiger partial charge in [-0.1, -0.05) is 24.3 Å². The number of nitrogens with zero attached hydrogens (tertiary/aromatic N) is 2. The van der Waals surface area contributed by atoms with Crippen molar-refractivity contribution in [2.45, 2.75) is 22.3 Å². The fourth-order valence-electron chi connectivity index (χ4n) is 3.70. The second kappa shape index (κ2) is 9.28. The molecule has 1 aliphatic rings. The Balaban J connectivity index is 1.29. The standard InChI is InChI=1S/C25H20N2O5S2/c28-25(27-22(24-9-5-15-33-24)16-21(26-27)23-8-4-14-31-23)17-32-18-10-12-20(13-11-18)34(29,30)19-6-2-1-3-7-19/h1-15,22H,16-17H2. The van der Waals surface area contributed by atoms with Gasteiger partial charge in [-0.15, -0.1) is 11.3 Å². The molecule has 172 valence electrons. The molecule has 0 saturated carbocycles. The van der Waals surface area contributed by atoms with E-state index in [4.69, 9.17) is 9.15 Å². The summed E-state index contributed by atoms with van der Waals surface area (Å²) in [5.41, 5.74) is 0.701. The second-order valence-corrected chi connectivity index (χ2v) is 10.5. The summed E-state index contributed by atoms with van der Waals surface area (Å²) in [7, 11) is -3.62. The van der Waals surface area contributed by atoms with E-state index in [1.807, 2.05) is 23.6 Å². The van der Waals surface area contributed by atoms with E-state index in [2.05, 4.69) is 5.10 Å². The van der Waals surface area contributed by atoms with Crippen molar-refractivity contribution in [2.75, 3.05) is 6.61 Å². The van der Waals surface area contributed by atoms with E-state index >= 15 is 0 Å². The number of furan rings is 1. The molecule has 0 N–H and O–H groups in total. The summed E-state index contributed by atoms with van der Waals surface area (Å²) in [5.74, 6) is 0.719. The van der Waals surface area contributed by atoms with Crippen LogP contribution in [0.1, 0.15) is 23.1 Å². The molecule has 4 aromatic rings. The summed E-state index contributed by atoms with van der Waals surface area (Å²) in [6.45, 7) is -0.235. The van der Waals surface area contributed by atoms with Gasteiger partial charge in [0.15, 0.2) is 6.61 Å². The van der Waals surface area contributed by atoms with Gasteiger partial charge < -0.3 is 9.15 Å². The predicted molar refractivity (Wildman–Crippen MR) is 128 cm³/mol. The molecule has 0 fully saturated rings. The smallest absolute Gasteiger partial charge is 0.281 e. The quantitative estimate of drug-likeness (QED) is 0.365. The van der Waals surface area contributed by atoms with E-state index in [0.717, 1.165) is 4.88 Å². The maximum Gasteiger partial charge on any atom is 0.281 e. The first-order valence-corrected chi connectivity index (χ1v) is 12.9. The Morgan fingerprint density at radius 3 is 2.44 bits per heavy atom. The minimum atomic E-state index is -3.62. The van der Waals surface area contributed by atoms with Crippen molar-refractivity contribution < 1.29 is 22.4 Å². The number of thiophene rings is 1. The first-order chi connectivity index (χ1) is 16.5. The zero-order valence-electron chi connectivity index (χ0n) is 17.9. The number of hydrogen-bond acceptors (Lipinski definition) is 7. The Kier molecular flexibility index (Phi) is 6.04. The van der Waals surface area contributed by atoms with Crippen molar-refractivity contribution in [3.8, 4) is 5.75 Å². The van der Waals surface area contributed by atoms with Crippen molar-refractivity contribution in [1.29, 1.82) is 0 Å². The van der Waals surface area contributed by atoms with Gasteiger partial charge in [0.05, 0.1) is 22.1 Å². The monoisotopic (exact) mass is 492 g/mol. The number of benzene rings is 2. The Morgan fingerprint density at radius 1 is 1.00 bits per heavy atom. The van der Waals surface area contributed by atoms with E-state index in [0.29, 0.717) is 23.6 Å². The molecular formula is C25H20N2O5S2. The van der Waals surface area contributed by atoms with E-state index in [9.17, 15) is 13.2 Å². The van der Waals surface area contributed by atoms with Crippen molar-refractivity contribution in [3.05, 3.63) is 101 Å². The molecule has 5 rings (SSSR count). The van der Waals surface area contributed by atoms with Gasteiger partial charge >= 0.3 is 0 Å². The zero-order valence-corrected chi connectivity index (χ0v) is 19.5. The van der Waals surface area contributed by atoms with Crippen LogP contribution in [0.4, 0.5) is 0 Å². The Labute approximate surface area is 200 Å². The third-order valence-corrected chi connectivity index (χ3v) is 8.15. The third-order valence-electron chi connectivity index (χ3n) is 5.39. The summed E-state index contributed by atoms with van der Waals surface area (Å²) in [6, 6.07) is 21.5. The summed E-state index contributed by atoms with van der Waals surface area (Å²) in [4.78, 5) is 14.4. The molecule has 1 aliphatic heterocycles. The highest BCUT2D eigenvalue weighted by atomic mass is 32.2. The maximum absolute atomic E-state index is 13.0. The van der Waals surface area contributed by atoms with Crippen LogP contribution in [0, 0.1) is 0 Å². The van der Waals surface area contributed by atoms with Crippen molar-refractivity contribution in [3.63, 3.8) is 0 Å². The molecule has 34 heavy (non-hydrogen) atoms. The topological polar surface area (TPSA) is 89.2 Å². The lowest BCUT2D eigenvalue weighted by atomic mass is 10.1. The summed E-state index contributed by atoms with van der Waals surface area (Å²) >= 11 is 1.56. The van der Waals surface area contributed by atoms with Gasteiger partial charge in [-0.2, -0.15) is 5.10 Å². The van der Waals surface area contributed by atoms with Crippen LogP contribution in [0.5, 0.6) is 5.75 Å². The van der Waals surface area contributed by atoms with Gasteiger partial charge in [-0.3, -0.25) is 4.79 Å². The molecule has 3 heterocycles. The average molecular weight is 493 g/mol. The van der Waals surface area contributed by atoms with E-state index < -0.39 is 9.84 Å². The maximum atomic E-state index is 13.0. The highest BCUT2D eigenvalue weighted by Crippen LogP contribution is 2.35. The molecule has 1 amide bonds. The average Bonchev–Trinajstić information content (AvgIpc) is 3.64. The van der Waals surface area contributed by atoms with Gasteiger partial charge in [0, 0.05) is 11.3 Å². The van der Waals surface area contributed by atoms with E-state index in [1.165, 1.54) is 17.1 Å². The fourth-order valence-corrected chi connectivity index (χ4v) is 5.79. The predicted octanol–water partition coefficient (Wildman–Crippen LogP) is 4.93. The number of carbonyl (C=O) groups excluding carboxylic acids is 1. The van der Waals surface area contributed by atoms with Crippen LogP contribution in [0.2, 0.25) is 0 Å². The van der Waals surface area contributed by atoms with Gasteiger partial charge in [0.25, 0.3) is 5.91 Å². The number of rotatable bonds is 7. The minimum absolute atomic E-state index is 0.155. The van der Waals surface area contributed by atoms with Crippen LogP contribution in [0.25, 0.3) is 0 Å². The number of ether oxygens (including phenoxy) is 1. The molecule has 0 bridgehead atoms. The number of sulfone groups is 1. The summed E-state index contributed by atoms with van der Waals surface area (Å²) in [6.07, 6.45) is 2.12. The lowest BCUT2D eigenvalue weighted by molar-refractivity contribution is -0.135. The van der Waals surface area contributed by atoms with Crippen LogP contribution in [-0.4, -0.2) is 31.7 Å². The normalized spacial score (nSPS) is 15.8. The Morgan fingerprint density at radius 2 is 1.76 bits per heavy atom. The summed E-state index contributed by atoms with van der Waals surface area (Å²) in [5, 5.41) is 7.92. The fraction of sp³-hybridized carbons (Fsp3) is 0.120. The van der Waals surface area contributed by atoms with Gasteiger partial charge in [0.1, 0.15) is 17.2 Å². The zero-order chi connectivity index (χ0) is 23.5. The Hall–Kier alpha value is -3.69. The molecule has 2 aromatic carbocycles. The lowest BCUT2D eigenvalue weighted by Crippen LogP contribution is -2.31. The van der Waals surface area contributed by atoms with Crippen LogP contribution in [-0.2, 0) is 14.6 Å². The molecule has 7 nitrogen and oxygen atoms in total. The molecule has 9 heteroatoms. The number of hydrazone groups is 1. The molecule has 0 radical (unpaired) electrons. The SMILES string of the molecule is O=C(COc1ccc(S(=O)(=O)c2ccccc2)cc1)N1N=C(c2ccco2)CC1c1cccs1. The highest BCUT2D eigenvalue weighted by molar-refractivity contribution is 7.91.